The molecule has 0 aromatic carbocycles. The van der Waals surface area contributed by atoms with Crippen LogP contribution in [0.3, 0.4) is 0 Å². The van der Waals surface area contributed by atoms with E-state index in [2.05, 4.69) is 5.32 Å². The molecule has 1 saturated heterocycles. The lowest BCUT2D eigenvalue weighted by Gasteiger charge is -2.41. The van der Waals surface area contributed by atoms with Gasteiger partial charge in [0, 0.05) is 4.88 Å². The van der Waals surface area contributed by atoms with Crippen LogP contribution in [0.1, 0.15) is 38.6 Å². The van der Waals surface area contributed by atoms with Crippen molar-refractivity contribution in [2.75, 3.05) is 0 Å². The molecule has 1 fully saturated rings. The summed E-state index contributed by atoms with van der Waals surface area (Å²) in [5.74, 6) is 0.0479. The van der Waals surface area contributed by atoms with E-state index >= 15 is 0 Å². The minimum atomic E-state index is -0.417. The third-order valence-corrected chi connectivity index (χ3v) is 4.70. The van der Waals surface area contributed by atoms with E-state index in [4.69, 9.17) is 0 Å². The van der Waals surface area contributed by atoms with E-state index in [1.807, 2.05) is 38.3 Å². The predicted molar refractivity (Wildman–Crippen MR) is 75.8 cm³/mol. The van der Waals surface area contributed by atoms with Crippen LogP contribution in [-0.2, 0) is 9.59 Å². The summed E-state index contributed by atoms with van der Waals surface area (Å²) in [5, 5.41) is 4.81. The number of hydrogen-bond donors (Lipinski definition) is 1. The fraction of sp³-hybridized carbons (Fsp3) is 0.571. The molecule has 4 nitrogen and oxygen atoms in total. The van der Waals surface area contributed by atoms with Crippen LogP contribution in [0.2, 0.25) is 0 Å². The van der Waals surface area contributed by atoms with Crippen LogP contribution in [0.5, 0.6) is 0 Å². The molecule has 0 aliphatic carbocycles. The van der Waals surface area contributed by atoms with Crippen molar-refractivity contribution in [2.24, 2.45) is 5.92 Å². The van der Waals surface area contributed by atoms with Crippen molar-refractivity contribution in [1.29, 1.82) is 0 Å². The average molecular weight is 280 g/mol. The van der Waals surface area contributed by atoms with Gasteiger partial charge in [-0.05, 0) is 31.2 Å². The van der Waals surface area contributed by atoms with E-state index in [0.717, 1.165) is 4.88 Å². The van der Waals surface area contributed by atoms with Crippen molar-refractivity contribution in [3.8, 4) is 0 Å². The van der Waals surface area contributed by atoms with E-state index in [0.29, 0.717) is 0 Å². The second-order valence-electron chi connectivity index (χ2n) is 5.34. The smallest absolute Gasteiger partial charge is 0.246 e. The molecule has 3 unspecified atom stereocenters. The summed E-state index contributed by atoms with van der Waals surface area (Å²) < 4.78 is 0. The first-order chi connectivity index (χ1) is 8.93. The maximum Gasteiger partial charge on any atom is 0.246 e. The third-order valence-electron chi connectivity index (χ3n) is 3.65. The number of rotatable bonds is 3. The van der Waals surface area contributed by atoms with Gasteiger partial charge in [-0.15, -0.1) is 11.3 Å². The molecule has 1 aromatic rings. The molecule has 1 aliphatic rings. The fourth-order valence-corrected chi connectivity index (χ4v) is 3.24. The van der Waals surface area contributed by atoms with Gasteiger partial charge in [0.25, 0.3) is 0 Å². The highest BCUT2D eigenvalue weighted by Crippen LogP contribution is 2.29. The average Bonchev–Trinajstić information content (AvgIpc) is 2.87. The SMILES string of the molecule is CC(C)C1NC(=O)C(C)N(C(C)c2cccs2)C1=O. The Bertz CT molecular complexity index is 470. The van der Waals surface area contributed by atoms with Gasteiger partial charge in [-0.1, -0.05) is 19.9 Å². The summed E-state index contributed by atoms with van der Waals surface area (Å²) in [4.78, 5) is 27.4. The van der Waals surface area contributed by atoms with Gasteiger partial charge in [-0.3, -0.25) is 9.59 Å². The van der Waals surface area contributed by atoms with Gasteiger partial charge < -0.3 is 10.2 Å². The minimum Gasteiger partial charge on any atom is -0.342 e. The number of amides is 2. The summed E-state index contributed by atoms with van der Waals surface area (Å²) in [6, 6.07) is 3.09. The number of nitrogens with zero attached hydrogens (tertiary/aromatic N) is 1. The Balaban J connectivity index is 2.30. The Hall–Kier alpha value is -1.36. The molecule has 19 heavy (non-hydrogen) atoms. The molecule has 0 spiro atoms. The van der Waals surface area contributed by atoms with Crippen LogP contribution in [0, 0.1) is 5.92 Å². The topological polar surface area (TPSA) is 49.4 Å². The summed E-state index contributed by atoms with van der Waals surface area (Å²) in [7, 11) is 0. The quantitative estimate of drug-likeness (QED) is 0.922. The first-order valence-corrected chi connectivity index (χ1v) is 7.47. The van der Waals surface area contributed by atoms with Crippen molar-refractivity contribution in [1.82, 2.24) is 10.2 Å². The third kappa shape index (κ3) is 2.52. The van der Waals surface area contributed by atoms with Crippen LogP contribution in [-0.4, -0.2) is 28.8 Å². The van der Waals surface area contributed by atoms with Crippen LogP contribution in [0.25, 0.3) is 0 Å². The lowest BCUT2D eigenvalue weighted by atomic mass is 9.97. The van der Waals surface area contributed by atoms with Crippen LogP contribution < -0.4 is 5.32 Å². The highest BCUT2D eigenvalue weighted by atomic mass is 32.1. The van der Waals surface area contributed by atoms with Gasteiger partial charge in [0.1, 0.15) is 12.1 Å². The molecule has 3 atom stereocenters. The molecule has 5 heteroatoms. The number of thiophene rings is 1. The maximum absolute atomic E-state index is 12.6. The summed E-state index contributed by atoms with van der Waals surface area (Å²) in [6.07, 6.45) is 0. The molecule has 1 N–H and O–H groups in total. The summed E-state index contributed by atoms with van der Waals surface area (Å²) in [5.41, 5.74) is 0. The monoisotopic (exact) mass is 280 g/mol. The van der Waals surface area contributed by atoms with Crippen molar-refractivity contribution in [3.05, 3.63) is 22.4 Å². The molecule has 1 aromatic heterocycles. The van der Waals surface area contributed by atoms with E-state index < -0.39 is 12.1 Å². The maximum atomic E-state index is 12.6. The second-order valence-corrected chi connectivity index (χ2v) is 6.32. The molecular formula is C14H20N2O2S. The lowest BCUT2D eigenvalue weighted by Crippen LogP contribution is -2.64. The van der Waals surface area contributed by atoms with E-state index in [1.165, 1.54) is 0 Å². The standard InChI is InChI=1S/C14H20N2O2S/c1-8(2)12-14(18)16(10(4)13(17)15-12)9(3)11-6-5-7-19-11/h5-10,12H,1-4H3,(H,15,17). The number of piperazine rings is 1. The molecule has 0 saturated carbocycles. The van der Waals surface area contributed by atoms with E-state index in [-0.39, 0.29) is 23.8 Å². The summed E-state index contributed by atoms with van der Waals surface area (Å²) in [6.45, 7) is 7.67. The van der Waals surface area contributed by atoms with Gasteiger partial charge in [0.2, 0.25) is 11.8 Å². The molecule has 2 amide bonds. The number of carbonyl (C=O) groups is 2. The fourth-order valence-electron chi connectivity index (χ4n) is 2.46. The Morgan fingerprint density at radius 3 is 2.53 bits per heavy atom. The molecule has 2 heterocycles. The Morgan fingerprint density at radius 1 is 1.32 bits per heavy atom. The predicted octanol–water partition coefficient (Wildman–Crippen LogP) is 2.18. The van der Waals surface area contributed by atoms with Gasteiger partial charge in [0.05, 0.1) is 6.04 Å². The van der Waals surface area contributed by atoms with Crippen molar-refractivity contribution >= 4 is 23.2 Å². The Kier molecular flexibility index (Phi) is 3.94. The Labute approximate surface area is 117 Å². The van der Waals surface area contributed by atoms with E-state index in [1.54, 1.807) is 23.2 Å². The van der Waals surface area contributed by atoms with Gasteiger partial charge in [-0.2, -0.15) is 0 Å². The molecule has 104 valence electrons. The largest absolute Gasteiger partial charge is 0.342 e. The highest BCUT2D eigenvalue weighted by molar-refractivity contribution is 7.10. The molecular weight excluding hydrogens is 260 g/mol. The van der Waals surface area contributed by atoms with Crippen LogP contribution >= 0.6 is 11.3 Å². The normalized spacial score (nSPS) is 25.6. The van der Waals surface area contributed by atoms with Crippen LogP contribution in [0.15, 0.2) is 17.5 Å². The minimum absolute atomic E-state index is 0.0167. The highest BCUT2D eigenvalue weighted by Gasteiger charge is 2.41. The van der Waals surface area contributed by atoms with E-state index in [9.17, 15) is 9.59 Å². The number of carbonyl (C=O) groups excluding carboxylic acids is 2. The van der Waals surface area contributed by atoms with Crippen molar-refractivity contribution < 1.29 is 9.59 Å². The first-order valence-electron chi connectivity index (χ1n) is 6.59. The number of nitrogens with one attached hydrogen (secondary N) is 1. The number of hydrogen-bond acceptors (Lipinski definition) is 3. The second kappa shape index (κ2) is 5.33. The molecule has 0 bridgehead atoms. The molecule has 1 aliphatic heterocycles. The Morgan fingerprint density at radius 2 is 2.00 bits per heavy atom. The van der Waals surface area contributed by atoms with Gasteiger partial charge >= 0.3 is 0 Å². The van der Waals surface area contributed by atoms with Gasteiger partial charge in [0.15, 0.2) is 0 Å². The zero-order chi connectivity index (χ0) is 14.2. The molecule has 0 radical (unpaired) electrons. The van der Waals surface area contributed by atoms with Crippen molar-refractivity contribution in [3.63, 3.8) is 0 Å². The zero-order valence-electron chi connectivity index (χ0n) is 11.7. The summed E-state index contributed by atoms with van der Waals surface area (Å²) >= 11 is 1.61. The van der Waals surface area contributed by atoms with Crippen LogP contribution in [0.4, 0.5) is 0 Å². The lowest BCUT2D eigenvalue weighted by molar-refractivity contribution is -0.152. The van der Waals surface area contributed by atoms with Crippen molar-refractivity contribution in [2.45, 2.75) is 45.8 Å². The first kappa shape index (κ1) is 14.1. The molecule has 2 rings (SSSR count). The van der Waals surface area contributed by atoms with Gasteiger partial charge in [-0.25, -0.2) is 0 Å². The zero-order valence-corrected chi connectivity index (χ0v) is 12.5.